The summed E-state index contributed by atoms with van der Waals surface area (Å²) in [6.45, 7) is 3.33. The molecule has 1 amide bonds. The number of rotatable bonds is 7. The summed E-state index contributed by atoms with van der Waals surface area (Å²) < 4.78 is 32.2. The molecule has 0 heterocycles. The van der Waals surface area contributed by atoms with Crippen molar-refractivity contribution >= 4 is 33.2 Å². The molecule has 0 aliphatic rings. The van der Waals surface area contributed by atoms with Crippen molar-refractivity contribution in [3.8, 4) is 5.75 Å². The predicted molar refractivity (Wildman–Crippen MR) is 97.5 cm³/mol. The van der Waals surface area contributed by atoms with E-state index in [1.807, 2.05) is 13.8 Å². The SMILES string of the molecule is CC(C)Oc1ccccc1NC(=O)CNS(=O)(=O)c1cccc(Cl)c1. The average Bonchev–Trinajstić information content (AvgIpc) is 2.54. The summed E-state index contributed by atoms with van der Waals surface area (Å²) in [5.41, 5.74) is 0.475. The molecule has 0 saturated carbocycles. The van der Waals surface area contributed by atoms with Crippen molar-refractivity contribution in [1.29, 1.82) is 0 Å². The fourth-order valence-electron chi connectivity index (χ4n) is 2.00. The normalized spacial score (nSPS) is 11.4. The molecule has 0 atom stereocenters. The van der Waals surface area contributed by atoms with Crippen molar-refractivity contribution < 1.29 is 17.9 Å². The van der Waals surface area contributed by atoms with Gasteiger partial charge in [-0.25, -0.2) is 13.1 Å². The zero-order chi connectivity index (χ0) is 18.4. The first-order valence-corrected chi connectivity index (χ1v) is 9.45. The number of amides is 1. The first-order chi connectivity index (χ1) is 11.8. The van der Waals surface area contributed by atoms with Crippen LogP contribution in [0.3, 0.4) is 0 Å². The lowest BCUT2D eigenvalue weighted by Crippen LogP contribution is -2.33. The lowest BCUT2D eigenvalue weighted by atomic mass is 10.3. The van der Waals surface area contributed by atoms with Gasteiger partial charge < -0.3 is 10.1 Å². The molecule has 2 N–H and O–H groups in total. The Morgan fingerprint density at radius 3 is 2.56 bits per heavy atom. The van der Waals surface area contributed by atoms with E-state index in [0.717, 1.165) is 0 Å². The molecule has 6 nitrogen and oxygen atoms in total. The second-order valence-corrected chi connectivity index (χ2v) is 7.70. The van der Waals surface area contributed by atoms with E-state index in [1.54, 1.807) is 30.3 Å². The maximum absolute atomic E-state index is 12.2. The Morgan fingerprint density at radius 1 is 1.16 bits per heavy atom. The third kappa shape index (κ3) is 5.74. The minimum absolute atomic E-state index is 0.00339. The van der Waals surface area contributed by atoms with Gasteiger partial charge in [0, 0.05) is 5.02 Å². The number of anilines is 1. The second kappa shape index (κ2) is 8.33. The number of halogens is 1. The van der Waals surface area contributed by atoms with Crippen LogP contribution in [0.2, 0.25) is 5.02 Å². The molecule has 0 unspecified atom stereocenters. The highest BCUT2D eigenvalue weighted by Crippen LogP contribution is 2.24. The standard InChI is InChI=1S/C17H19ClN2O4S/c1-12(2)24-16-9-4-3-8-15(16)20-17(21)11-19-25(22,23)14-7-5-6-13(18)10-14/h3-10,12,19H,11H2,1-2H3,(H,20,21). The topological polar surface area (TPSA) is 84.5 Å². The fourth-order valence-corrected chi connectivity index (χ4v) is 3.28. The largest absolute Gasteiger partial charge is 0.489 e. The molecule has 0 aliphatic carbocycles. The first-order valence-electron chi connectivity index (χ1n) is 7.59. The van der Waals surface area contributed by atoms with Crippen molar-refractivity contribution in [3.05, 3.63) is 53.6 Å². The van der Waals surface area contributed by atoms with E-state index in [4.69, 9.17) is 16.3 Å². The third-order valence-electron chi connectivity index (χ3n) is 3.05. The van der Waals surface area contributed by atoms with Gasteiger partial charge in [-0.15, -0.1) is 0 Å². The van der Waals surface area contributed by atoms with Crippen LogP contribution in [-0.4, -0.2) is 27.0 Å². The van der Waals surface area contributed by atoms with Crippen LogP contribution in [0.15, 0.2) is 53.4 Å². The molecule has 0 radical (unpaired) electrons. The minimum Gasteiger partial charge on any atom is -0.489 e. The van der Waals surface area contributed by atoms with Crippen molar-refractivity contribution in [2.45, 2.75) is 24.8 Å². The van der Waals surface area contributed by atoms with E-state index in [1.165, 1.54) is 18.2 Å². The molecular weight excluding hydrogens is 364 g/mol. The van der Waals surface area contributed by atoms with Crippen LogP contribution in [0, 0.1) is 0 Å². The van der Waals surface area contributed by atoms with Crippen LogP contribution in [0.5, 0.6) is 5.75 Å². The average molecular weight is 383 g/mol. The molecular formula is C17H19ClN2O4S. The number of para-hydroxylation sites is 2. The van der Waals surface area contributed by atoms with Gasteiger partial charge in [-0.05, 0) is 44.2 Å². The fraction of sp³-hybridized carbons (Fsp3) is 0.235. The molecule has 0 saturated heterocycles. The van der Waals surface area contributed by atoms with Crippen LogP contribution in [0.25, 0.3) is 0 Å². The summed E-state index contributed by atoms with van der Waals surface area (Å²) in [6.07, 6.45) is -0.0561. The number of nitrogens with one attached hydrogen (secondary N) is 2. The molecule has 0 aromatic heterocycles. The van der Waals surface area contributed by atoms with Crippen LogP contribution >= 0.6 is 11.6 Å². The van der Waals surface area contributed by atoms with Crippen molar-refractivity contribution in [2.24, 2.45) is 0 Å². The zero-order valence-corrected chi connectivity index (χ0v) is 15.4. The Labute approximate surface area is 152 Å². The Hall–Kier alpha value is -2.09. The molecule has 8 heteroatoms. The summed E-state index contributed by atoms with van der Waals surface area (Å²) in [7, 11) is -3.83. The lowest BCUT2D eigenvalue weighted by Gasteiger charge is -2.15. The van der Waals surface area contributed by atoms with Crippen molar-refractivity contribution in [1.82, 2.24) is 4.72 Å². The van der Waals surface area contributed by atoms with E-state index in [0.29, 0.717) is 16.5 Å². The maximum atomic E-state index is 12.2. The molecule has 2 rings (SSSR count). The van der Waals surface area contributed by atoms with Gasteiger partial charge in [-0.1, -0.05) is 29.8 Å². The molecule has 0 aliphatic heterocycles. The Kier molecular flexibility index (Phi) is 6.41. The number of hydrogen-bond donors (Lipinski definition) is 2. The predicted octanol–water partition coefficient (Wildman–Crippen LogP) is 3.04. The first kappa shape index (κ1) is 19.2. The van der Waals surface area contributed by atoms with E-state index >= 15 is 0 Å². The summed E-state index contributed by atoms with van der Waals surface area (Å²) in [5, 5.41) is 2.93. The van der Waals surface area contributed by atoms with E-state index < -0.39 is 22.5 Å². The summed E-state index contributed by atoms with van der Waals surface area (Å²) in [5.74, 6) is 0.00829. The van der Waals surface area contributed by atoms with Gasteiger partial charge in [0.2, 0.25) is 15.9 Å². The zero-order valence-electron chi connectivity index (χ0n) is 13.8. The number of ether oxygens (including phenoxy) is 1. The third-order valence-corrected chi connectivity index (χ3v) is 4.69. The molecule has 2 aromatic rings. The van der Waals surface area contributed by atoms with Gasteiger partial charge in [0.1, 0.15) is 5.75 Å². The monoisotopic (exact) mass is 382 g/mol. The van der Waals surface area contributed by atoms with Gasteiger partial charge in [0.15, 0.2) is 0 Å². The molecule has 0 spiro atoms. The number of sulfonamides is 1. The van der Waals surface area contributed by atoms with E-state index in [9.17, 15) is 13.2 Å². The second-order valence-electron chi connectivity index (χ2n) is 5.49. The molecule has 0 fully saturated rings. The van der Waals surface area contributed by atoms with Crippen molar-refractivity contribution in [3.63, 3.8) is 0 Å². The summed E-state index contributed by atoms with van der Waals surface area (Å²) in [6, 6.07) is 12.8. The quantitative estimate of drug-likeness (QED) is 0.770. The molecule has 134 valence electrons. The Bertz CT molecular complexity index is 853. The highest BCUT2D eigenvalue weighted by atomic mass is 35.5. The Balaban J connectivity index is 2.02. The van der Waals surface area contributed by atoms with Gasteiger partial charge in [0.25, 0.3) is 0 Å². The number of carbonyl (C=O) groups excluding carboxylic acids is 1. The van der Waals surface area contributed by atoms with Gasteiger partial charge in [-0.2, -0.15) is 0 Å². The molecule has 2 aromatic carbocycles. The van der Waals surface area contributed by atoms with Gasteiger partial charge in [0.05, 0.1) is 23.2 Å². The number of hydrogen-bond acceptors (Lipinski definition) is 4. The van der Waals surface area contributed by atoms with Gasteiger partial charge >= 0.3 is 0 Å². The maximum Gasteiger partial charge on any atom is 0.241 e. The smallest absolute Gasteiger partial charge is 0.241 e. The van der Waals surface area contributed by atoms with Crippen LogP contribution in [0.4, 0.5) is 5.69 Å². The number of carbonyl (C=O) groups is 1. The van der Waals surface area contributed by atoms with E-state index in [2.05, 4.69) is 10.0 Å². The van der Waals surface area contributed by atoms with Crippen molar-refractivity contribution in [2.75, 3.05) is 11.9 Å². The van der Waals surface area contributed by atoms with Crippen LogP contribution < -0.4 is 14.8 Å². The lowest BCUT2D eigenvalue weighted by molar-refractivity contribution is -0.115. The summed E-state index contributed by atoms with van der Waals surface area (Å²) >= 11 is 5.79. The van der Waals surface area contributed by atoms with Crippen LogP contribution in [0.1, 0.15) is 13.8 Å². The molecule has 25 heavy (non-hydrogen) atoms. The molecule has 0 bridgehead atoms. The highest BCUT2D eigenvalue weighted by Gasteiger charge is 2.16. The highest BCUT2D eigenvalue weighted by molar-refractivity contribution is 7.89. The Morgan fingerprint density at radius 2 is 1.88 bits per heavy atom. The van der Waals surface area contributed by atoms with Gasteiger partial charge in [-0.3, -0.25) is 4.79 Å². The number of benzene rings is 2. The van der Waals surface area contributed by atoms with Crippen LogP contribution in [-0.2, 0) is 14.8 Å². The minimum atomic E-state index is -3.83. The summed E-state index contributed by atoms with van der Waals surface area (Å²) in [4.78, 5) is 12.1. The van der Waals surface area contributed by atoms with E-state index in [-0.39, 0.29) is 11.0 Å².